The first-order chi connectivity index (χ1) is 9.39. The summed E-state index contributed by atoms with van der Waals surface area (Å²) in [6.07, 6.45) is 3.04. The second-order valence-corrected chi connectivity index (χ2v) is 8.13. The predicted molar refractivity (Wildman–Crippen MR) is 87.8 cm³/mol. The fourth-order valence-corrected chi connectivity index (χ4v) is 3.71. The van der Waals surface area contributed by atoms with Crippen LogP contribution >= 0.6 is 27.7 Å². The molecule has 0 bridgehead atoms. The van der Waals surface area contributed by atoms with Crippen LogP contribution in [-0.4, -0.2) is 22.7 Å². The summed E-state index contributed by atoms with van der Waals surface area (Å²) in [4.78, 5) is 13.0. The number of benzene rings is 1. The molecule has 5 heteroatoms. The number of carbonyl (C=O) groups is 1. The molecule has 1 aliphatic rings. The van der Waals surface area contributed by atoms with Crippen molar-refractivity contribution >= 4 is 33.6 Å². The van der Waals surface area contributed by atoms with Crippen molar-refractivity contribution < 1.29 is 4.79 Å². The fourth-order valence-electron chi connectivity index (χ4n) is 2.27. The fraction of sp³-hybridized carbons (Fsp3) is 0.533. The number of carbonyl (C=O) groups excluding carboxylic acids is 1. The second-order valence-electron chi connectivity index (χ2n) is 5.70. The Morgan fingerprint density at radius 3 is 2.60 bits per heavy atom. The minimum absolute atomic E-state index is 0.257. The summed E-state index contributed by atoms with van der Waals surface area (Å²) in [5, 5.41) is 3.72. The number of halogens is 1. The molecule has 20 heavy (non-hydrogen) atoms. The topological polar surface area (TPSA) is 55.1 Å². The highest BCUT2D eigenvalue weighted by molar-refractivity contribution is 9.10. The van der Waals surface area contributed by atoms with Gasteiger partial charge in [-0.15, -0.1) is 11.8 Å². The van der Waals surface area contributed by atoms with Gasteiger partial charge in [-0.25, -0.2) is 0 Å². The zero-order chi connectivity index (χ0) is 14.8. The van der Waals surface area contributed by atoms with Gasteiger partial charge in [0.25, 0.3) is 0 Å². The molecular weight excluding hydrogens is 336 g/mol. The molecule has 0 aromatic heterocycles. The Kier molecular flexibility index (Phi) is 5.15. The first kappa shape index (κ1) is 15.9. The Balaban J connectivity index is 1.95. The SMILES string of the molecule is CC(CC(C)(NC1CC1)C(N)=O)Sc1ccc(Br)cc1. The minimum Gasteiger partial charge on any atom is -0.368 e. The molecule has 1 aromatic rings. The lowest BCUT2D eigenvalue weighted by Gasteiger charge is -2.30. The van der Waals surface area contributed by atoms with Crippen LogP contribution in [0.2, 0.25) is 0 Å². The van der Waals surface area contributed by atoms with Crippen LogP contribution in [0.5, 0.6) is 0 Å². The quantitative estimate of drug-likeness (QED) is 0.736. The minimum atomic E-state index is -0.608. The molecule has 0 heterocycles. The Hall–Kier alpha value is -0.520. The van der Waals surface area contributed by atoms with Gasteiger partial charge in [0.1, 0.15) is 0 Å². The Bertz CT molecular complexity index is 475. The largest absolute Gasteiger partial charge is 0.368 e. The van der Waals surface area contributed by atoms with Gasteiger partial charge in [-0.05, 0) is 50.5 Å². The van der Waals surface area contributed by atoms with Crippen molar-refractivity contribution in [3.8, 4) is 0 Å². The molecule has 2 rings (SSSR count). The van der Waals surface area contributed by atoms with Gasteiger partial charge in [-0.3, -0.25) is 4.79 Å². The predicted octanol–water partition coefficient (Wildman–Crippen LogP) is 3.32. The van der Waals surface area contributed by atoms with Crippen LogP contribution in [0.4, 0.5) is 0 Å². The van der Waals surface area contributed by atoms with Crippen LogP contribution in [-0.2, 0) is 4.79 Å². The van der Waals surface area contributed by atoms with Crippen LogP contribution in [0.1, 0.15) is 33.1 Å². The van der Waals surface area contributed by atoms with Gasteiger partial charge in [-0.2, -0.15) is 0 Å². The first-order valence-electron chi connectivity index (χ1n) is 6.89. The third-order valence-corrected chi connectivity index (χ3v) is 5.13. The van der Waals surface area contributed by atoms with E-state index in [0.717, 1.165) is 23.7 Å². The number of primary amides is 1. The molecule has 1 fully saturated rings. The van der Waals surface area contributed by atoms with E-state index in [2.05, 4.69) is 40.3 Å². The molecule has 0 saturated heterocycles. The zero-order valence-corrected chi connectivity index (χ0v) is 14.3. The molecule has 2 unspecified atom stereocenters. The molecule has 1 aromatic carbocycles. The van der Waals surface area contributed by atoms with Crippen LogP contribution in [0.25, 0.3) is 0 Å². The van der Waals surface area contributed by atoms with Crippen molar-refractivity contribution in [3.63, 3.8) is 0 Å². The van der Waals surface area contributed by atoms with Crippen molar-refractivity contribution in [2.24, 2.45) is 5.73 Å². The standard InChI is InChI=1S/C15H21BrN2OS/c1-10(20-13-7-3-11(16)4-8-13)9-15(2,14(17)19)18-12-5-6-12/h3-4,7-8,10,12,18H,5-6,9H2,1-2H3,(H2,17,19). The highest BCUT2D eigenvalue weighted by Gasteiger charge is 2.38. The Morgan fingerprint density at radius 1 is 1.50 bits per heavy atom. The lowest BCUT2D eigenvalue weighted by molar-refractivity contribution is -0.124. The molecule has 0 radical (unpaired) electrons. The Morgan fingerprint density at radius 2 is 2.10 bits per heavy atom. The normalized spacial score (nSPS) is 19.4. The highest BCUT2D eigenvalue weighted by Crippen LogP contribution is 2.31. The molecule has 110 valence electrons. The number of nitrogens with one attached hydrogen (secondary N) is 1. The van der Waals surface area contributed by atoms with Crippen molar-refractivity contribution in [1.29, 1.82) is 0 Å². The summed E-state index contributed by atoms with van der Waals surface area (Å²) < 4.78 is 1.08. The summed E-state index contributed by atoms with van der Waals surface area (Å²) in [6, 6.07) is 8.70. The molecule has 1 amide bonds. The van der Waals surface area contributed by atoms with Crippen LogP contribution in [0.3, 0.4) is 0 Å². The number of nitrogens with two attached hydrogens (primary N) is 1. The van der Waals surface area contributed by atoms with Crippen molar-refractivity contribution in [2.75, 3.05) is 0 Å². The van der Waals surface area contributed by atoms with Gasteiger partial charge in [0.2, 0.25) is 5.91 Å². The maximum Gasteiger partial charge on any atom is 0.237 e. The van der Waals surface area contributed by atoms with E-state index in [4.69, 9.17) is 5.73 Å². The average Bonchev–Trinajstić information content (AvgIpc) is 3.15. The third kappa shape index (κ3) is 4.50. The van der Waals surface area contributed by atoms with Crippen LogP contribution in [0.15, 0.2) is 33.6 Å². The summed E-state index contributed by atoms with van der Waals surface area (Å²) in [5.41, 5.74) is 4.98. The average molecular weight is 357 g/mol. The van der Waals surface area contributed by atoms with Gasteiger partial charge in [0.05, 0.1) is 5.54 Å². The van der Waals surface area contributed by atoms with Gasteiger partial charge >= 0.3 is 0 Å². The number of hydrogen-bond acceptors (Lipinski definition) is 3. The number of amides is 1. The summed E-state index contributed by atoms with van der Waals surface area (Å²) in [6.45, 7) is 4.06. The summed E-state index contributed by atoms with van der Waals surface area (Å²) in [7, 11) is 0. The lowest BCUT2D eigenvalue weighted by Crippen LogP contribution is -2.55. The van der Waals surface area contributed by atoms with E-state index in [0.29, 0.717) is 11.3 Å². The van der Waals surface area contributed by atoms with Crippen LogP contribution < -0.4 is 11.1 Å². The molecule has 1 saturated carbocycles. The van der Waals surface area contributed by atoms with Crippen LogP contribution in [0, 0.1) is 0 Å². The molecule has 3 N–H and O–H groups in total. The van der Waals surface area contributed by atoms with Gasteiger partial charge in [0.15, 0.2) is 0 Å². The molecular formula is C15H21BrN2OS. The highest BCUT2D eigenvalue weighted by atomic mass is 79.9. The third-order valence-electron chi connectivity index (χ3n) is 3.49. The number of thioether (sulfide) groups is 1. The summed E-state index contributed by atoms with van der Waals surface area (Å²) >= 11 is 5.21. The van der Waals surface area contributed by atoms with Crippen molar-refractivity contribution in [3.05, 3.63) is 28.7 Å². The number of rotatable bonds is 7. The first-order valence-corrected chi connectivity index (χ1v) is 8.56. The van der Waals surface area contributed by atoms with Crippen molar-refractivity contribution in [2.45, 2.75) is 54.8 Å². The lowest BCUT2D eigenvalue weighted by atomic mass is 9.95. The molecule has 0 aliphatic heterocycles. The smallest absolute Gasteiger partial charge is 0.237 e. The number of hydrogen-bond donors (Lipinski definition) is 2. The zero-order valence-electron chi connectivity index (χ0n) is 11.9. The van der Waals surface area contributed by atoms with E-state index in [-0.39, 0.29) is 5.91 Å². The van der Waals surface area contributed by atoms with Gasteiger partial charge in [-0.1, -0.05) is 22.9 Å². The molecule has 2 atom stereocenters. The van der Waals surface area contributed by atoms with E-state index in [1.54, 1.807) is 11.8 Å². The van der Waals surface area contributed by atoms with E-state index >= 15 is 0 Å². The summed E-state index contributed by atoms with van der Waals surface area (Å²) in [5.74, 6) is -0.257. The second kappa shape index (κ2) is 6.50. The van der Waals surface area contributed by atoms with E-state index in [9.17, 15) is 4.79 Å². The maximum absolute atomic E-state index is 11.8. The van der Waals surface area contributed by atoms with E-state index in [1.807, 2.05) is 19.1 Å². The van der Waals surface area contributed by atoms with E-state index < -0.39 is 5.54 Å². The Labute approximate surface area is 133 Å². The molecule has 3 nitrogen and oxygen atoms in total. The van der Waals surface area contributed by atoms with E-state index in [1.165, 1.54) is 4.90 Å². The maximum atomic E-state index is 11.8. The monoisotopic (exact) mass is 356 g/mol. The van der Waals surface area contributed by atoms with Gasteiger partial charge in [0, 0.05) is 20.7 Å². The molecule has 1 aliphatic carbocycles. The van der Waals surface area contributed by atoms with Crippen molar-refractivity contribution in [1.82, 2.24) is 5.32 Å². The molecule has 0 spiro atoms. The van der Waals surface area contributed by atoms with Gasteiger partial charge < -0.3 is 11.1 Å².